The van der Waals surface area contributed by atoms with Gasteiger partial charge in [-0.15, -0.1) is 0 Å². The van der Waals surface area contributed by atoms with E-state index in [4.69, 9.17) is 0 Å². The van der Waals surface area contributed by atoms with Crippen LogP contribution in [0.3, 0.4) is 0 Å². The van der Waals surface area contributed by atoms with E-state index in [1.807, 2.05) is 22.6 Å². The molecule has 11 heteroatoms. The molecule has 3 rings (SSSR count). The highest BCUT2D eigenvalue weighted by atomic mass is 127. The summed E-state index contributed by atoms with van der Waals surface area (Å²) < 4.78 is 43.5. The Morgan fingerprint density at radius 1 is 1.21 bits per heavy atom. The quantitative estimate of drug-likeness (QED) is 0.288. The standard InChI is InChI=1S/C23H28F3IN4O3/c1-4-28-21(33)22(2,3)29-10-23(34)11-31(12-23)20(32)14-6-7-15(24)18(26)19(14)30-17-8-5-13(27)9-16(17)25/h5-9,20,29-30,32,34H,4,10-12H2,1-3H3,(H,28,33). The molecule has 1 aliphatic heterocycles. The van der Waals surface area contributed by atoms with E-state index in [-0.39, 0.29) is 36.8 Å². The van der Waals surface area contributed by atoms with Crippen LogP contribution in [-0.2, 0) is 4.79 Å². The van der Waals surface area contributed by atoms with Gasteiger partial charge in [0.05, 0.1) is 16.9 Å². The van der Waals surface area contributed by atoms with Gasteiger partial charge >= 0.3 is 0 Å². The number of benzene rings is 2. The average molecular weight is 592 g/mol. The molecule has 0 radical (unpaired) electrons. The lowest BCUT2D eigenvalue weighted by Crippen LogP contribution is -2.68. The van der Waals surface area contributed by atoms with E-state index in [2.05, 4.69) is 16.0 Å². The van der Waals surface area contributed by atoms with Crippen molar-refractivity contribution in [3.63, 3.8) is 0 Å². The number of anilines is 2. The van der Waals surface area contributed by atoms with Crippen LogP contribution in [0.5, 0.6) is 0 Å². The lowest BCUT2D eigenvalue weighted by Gasteiger charge is -2.49. The zero-order valence-corrected chi connectivity index (χ0v) is 21.2. The first-order valence-electron chi connectivity index (χ1n) is 10.7. The van der Waals surface area contributed by atoms with Crippen molar-refractivity contribution in [1.82, 2.24) is 15.5 Å². The summed E-state index contributed by atoms with van der Waals surface area (Å²) in [4.78, 5) is 13.6. The van der Waals surface area contributed by atoms with Gasteiger partial charge in [-0.3, -0.25) is 9.69 Å². The van der Waals surface area contributed by atoms with Crippen molar-refractivity contribution in [3.05, 3.63) is 56.9 Å². The summed E-state index contributed by atoms with van der Waals surface area (Å²) in [6, 6.07) is 6.32. The summed E-state index contributed by atoms with van der Waals surface area (Å²) in [5.41, 5.74) is -2.62. The SMILES string of the molecule is CCNC(=O)C(C)(C)NCC1(O)CN(C(O)c2ccc(F)c(F)c2Nc2ccc(I)cc2F)C1. The number of nitrogens with zero attached hydrogens (tertiary/aromatic N) is 1. The fraction of sp³-hybridized carbons (Fsp3) is 0.435. The van der Waals surface area contributed by atoms with Gasteiger partial charge in [-0.2, -0.15) is 0 Å². The Balaban J connectivity index is 1.73. The van der Waals surface area contributed by atoms with Crippen molar-refractivity contribution >= 4 is 39.9 Å². The summed E-state index contributed by atoms with van der Waals surface area (Å²) >= 11 is 1.93. The lowest BCUT2D eigenvalue weighted by atomic mass is 9.91. The van der Waals surface area contributed by atoms with Crippen molar-refractivity contribution in [3.8, 4) is 0 Å². The maximum atomic E-state index is 14.7. The van der Waals surface area contributed by atoms with E-state index in [9.17, 15) is 28.2 Å². The van der Waals surface area contributed by atoms with Gasteiger partial charge in [0.15, 0.2) is 11.6 Å². The van der Waals surface area contributed by atoms with E-state index < -0.39 is 40.5 Å². The number of β-amino-alcohol motifs (C(OH)–C–C–N with tert-alkyl or cyclic N) is 1. The van der Waals surface area contributed by atoms with Gasteiger partial charge in [0.1, 0.15) is 17.6 Å². The molecule has 7 nitrogen and oxygen atoms in total. The van der Waals surface area contributed by atoms with Gasteiger partial charge < -0.3 is 26.2 Å². The van der Waals surface area contributed by atoms with E-state index in [1.54, 1.807) is 26.8 Å². The largest absolute Gasteiger partial charge is 0.386 e. The molecule has 1 saturated heterocycles. The van der Waals surface area contributed by atoms with Crippen LogP contribution in [0, 0.1) is 21.0 Å². The second kappa shape index (κ2) is 10.4. The molecule has 1 fully saturated rings. The number of carbonyl (C=O) groups is 1. The Hall–Kier alpha value is -1.93. The number of nitrogens with one attached hydrogen (secondary N) is 3. The molecular formula is C23H28F3IN4O3. The third-order valence-corrected chi connectivity index (χ3v) is 6.37. The molecule has 0 aromatic heterocycles. The minimum absolute atomic E-state index is 0.00508. The second-order valence-corrected chi connectivity index (χ2v) is 10.2. The first kappa shape index (κ1) is 26.7. The third kappa shape index (κ3) is 5.82. The molecule has 1 amide bonds. The highest BCUT2D eigenvalue weighted by Gasteiger charge is 2.46. The molecule has 2 aromatic rings. The number of carbonyl (C=O) groups excluding carboxylic acids is 1. The van der Waals surface area contributed by atoms with Crippen molar-refractivity contribution in [2.24, 2.45) is 0 Å². The normalized spacial score (nSPS) is 16.6. The summed E-state index contributed by atoms with van der Waals surface area (Å²) in [5.74, 6) is -3.28. The maximum Gasteiger partial charge on any atom is 0.239 e. The van der Waals surface area contributed by atoms with E-state index in [1.165, 1.54) is 23.1 Å². The first-order valence-corrected chi connectivity index (χ1v) is 11.8. The topological polar surface area (TPSA) is 96.9 Å². The number of hydrogen-bond donors (Lipinski definition) is 5. The van der Waals surface area contributed by atoms with Gasteiger partial charge in [0.25, 0.3) is 0 Å². The molecule has 34 heavy (non-hydrogen) atoms. The number of aliphatic hydroxyl groups is 2. The molecule has 1 aliphatic rings. The molecule has 0 aliphatic carbocycles. The van der Waals surface area contributed by atoms with Crippen molar-refractivity contribution < 1.29 is 28.2 Å². The van der Waals surface area contributed by atoms with Crippen LogP contribution in [0.2, 0.25) is 0 Å². The van der Waals surface area contributed by atoms with Gasteiger partial charge in [0.2, 0.25) is 5.91 Å². The van der Waals surface area contributed by atoms with Crippen LogP contribution in [0.1, 0.15) is 32.6 Å². The van der Waals surface area contributed by atoms with Crippen molar-refractivity contribution in [2.75, 3.05) is 31.5 Å². The number of likely N-dealkylation sites (N-methyl/N-ethyl adjacent to an activating group) is 1. The van der Waals surface area contributed by atoms with Gasteiger partial charge in [-0.05, 0) is 73.7 Å². The fourth-order valence-electron chi connectivity index (χ4n) is 3.67. The maximum absolute atomic E-state index is 14.7. The van der Waals surface area contributed by atoms with Crippen LogP contribution < -0.4 is 16.0 Å². The molecule has 5 N–H and O–H groups in total. The molecule has 0 bridgehead atoms. The Bertz CT molecular complexity index is 1060. The van der Waals surface area contributed by atoms with Crippen LogP contribution in [0.25, 0.3) is 0 Å². The molecule has 1 unspecified atom stereocenters. The number of halogens is 4. The van der Waals surface area contributed by atoms with E-state index in [0.717, 1.165) is 6.07 Å². The number of hydrogen-bond acceptors (Lipinski definition) is 6. The minimum Gasteiger partial charge on any atom is -0.386 e. The fourth-order valence-corrected chi connectivity index (χ4v) is 4.13. The predicted octanol–water partition coefficient (Wildman–Crippen LogP) is 2.99. The zero-order valence-electron chi connectivity index (χ0n) is 19.1. The van der Waals surface area contributed by atoms with Gasteiger partial charge in [-0.25, -0.2) is 13.2 Å². The predicted molar refractivity (Wildman–Crippen MR) is 131 cm³/mol. The summed E-state index contributed by atoms with van der Waals surface area (Å²) in [5, 5.41) is 29.9. The molecular weight excluding hydrogens is 564 g/mol. The van der Waals surface area contributed by atoms with Crippen molar-refractivity contribution in [2.45, 2.75) is 38.1 Å². The van der Waals surface area contributed by atoms with Crippen molar-refractivity contribution in [1.29, 1.82) is 0 Å². The summed E-state index contributed by atoms with van der Waals surface area (Å²) in [7, 11) is 0. The van der Waals surface area contributed by atoms with E-state index in [0.29, 0.717) is 10.1 Å². The number of rotatable bonds is 9. The Morgan fingerprint density at radius 2 is 1.88 bits per heavy atom. The van der Waals surface area contributed by atoms with Gasteiger partial charge in [0, 0.05) is 35.3 Å². The average Bonchev–Trinajstić information content (AvgIpc) is 2.75. The number of amides is 1. The molecule has 1 atom stereocenters. The zero-order chi connectivity index (χ0) is 25.3. The molecule has 0 spiro atoms. The first-order chi connectivity index (χ1) is 15.9. The van der Waals surface area contributed by atoms with Crippen LogP contribution in [0.15, 0.2) is 30.3 Å². The minimum atomic E-state index is -1.39. The lowest BCUT2D eigenvalue weighted by molar-refractivity contribution is -0.162. The monoisotopic (exact) mass is 592 g/mol. The van der Waals surface area contributed by atoms with Gasteiger partial charge in [-0.1, -0.05) is 0 Å². The highest BCUT2D eigenvalue weighted by molar-refractivity contribution is 14.1. The van der Waals surface area contributed by atoms with Crippen LogP contribution >= 0.6 is 22.6 Å². The highest BCUT2D eigenvalue weighted by Crippen LogP contribution is 2.36. The molecule has 186 valence electrons. The third-order valence-electron chi connectivity index (χ3n) is 5.70. The molecule has 1 heterocycles. The Kier molecular flexibility index (Phi) is 8.13. The van der Waals surface area contributed by atoms with Crippen LogP contribution in [-0.4, -0.2) is 58.3 Å². The Labute approximate surface area is 209 Å². The van der Waals surface area contributed by atoms with Crippen LogP contribution in [0.4, 0.5) is 24.5 Å². The summed E-state index contributed by atoms with van der Waals surface area (Å²) in [6.07, 6.45) is -1.39. The molecule has 0 saturated carbocycles. The summed E-state index contributed by atoms with van der Waals surface area (Å²) in [6.45, 7) is 5.78. The smallest absolute Gasteiger partial charge is 0.239 e. The second-order valence-electron chi connectivity index (χ2n) is 8.92. The van der Waals surface area contributed by atoms with E-state index >= 15 is 0 Å². The molecule has 2 aromatic carbocycles. The number of aliphatic hydroxyl groups excluding tert-OH is 1. The Morgan fingerprint density at radius 3 is 2.50 bits per heavy atom. The number of likely N-dealkylation sites (tertiary alicyclic amines) is 1.